The SMILES string of the molecule is CCOc1ccc(-c2noc(-c3nnn(-c4cccc(Cl)c4C)c3N)n2)cc1. The van der Waals surface area contributed by atoms with Crippen LogP contribution in [0.2, 0.25) is 5.02 Å². The van der Waals surface area contributed by atoms with Crippen molar-refractivity contribution in [2.45, 2.75) is 13.8 Å². The molecule has 2 aromatic heterocycles. The molecular weight excluding hydrogens is 380 g/mol. The third kappa shape index (κ3) is 3.18. The molecule has 0 amide bonds. The number of anilines is 1. The Labute approximate surface area is 165 Å². The molecule has 0 bridgehead atoms. The van der Waals surface area contributed by atoms with Gasteiger partial charge in [-0.1, -0.05) is 28.0 Å². The van der Waals surface area contributed by atoms with Crippen molar-refractivity contribution in [2.75, 3.05) is 12.3 Å². The zero-order valence-electron chi connectivity index (χ0n) is 15.3. The van der Waals surface area contributed by atoms with Crippen LogP contribution in [0.1, 0.15) is 12.5 Å². The van der Waals surface area contributed by atoms with Crippen LogP contribution in [0.15, 0.2) is 47.0 Å². The molecule has 2 aromatic carbocycles. The Morgan fingerprint density at radius 3 is 2.71 bits per heavy atom. The maximum atomic E-state index is 6.24. The molecule has 0 spiro atoms. The summed E-state index contributed by atoms with van der Waals surface area (Å²) in [6.07, 6.45) is 0. The summed E-state index contributed by atoms with van der Waals surface area (Å²) < 4.78 is 12.3. The van der Waals surface area contributed by atoms with Crippen molar-refractivity contribution < 1.29 is 9.26 Å². The van der Waals surface area contributed by atoms with E-state index >= 15 is 0 Å². The maximum absolute atomic E-state index is 6.24. The second kappa shape index (κ2) is 7.32. The number of nitrogens with zero attached hydrogens (tertiary/aromatic N) is 5. The van der Waals surface area contributed by atoms with Crippen LogP contribution in [0.3, 0.4) is 0 Å². The quantitative estimate of drug-likeness (QED) is 0.544. The molecule has 0 saturated carbocycles. The summed E-state index contributed by atoms with van der Waals surface area (Å²) in [7, 11) is 0. The molecule has 2 heterocycles. The van der Waals surface area contributed by atoms with Crippen LogP contribution in [-0.4, -0.2) is 31.7 Å². The number of ether oxygens (including phenoxy) is 1. The summed E-state index contributed by atoms with van der Waals surface area (Å²) in [6, 6.07) is 12.9. The van der Waals surface area contributed by atoms with E-state index in [0.717, 1.165) is 22.6 Å². The highest BCUT2D eigenvalue weighted by molar-refractivity contribution is 6.31. The van der Waals surface area contributed by atoms with Gasteiger partial charge in [0.1, 0.15) is 5.75 Å². The minimum Gasteiger partial charge on any atom is -0.494 e. The molecule has 0 atom stereocenters. The Morgan fingerprint density at radius 2 is 1.96 bits per heavy atom. The van der Waals surface area contributed by atoms with Crippen LogP contribution in [0, 0.1) is 6.92 Å². The van der Waals surface area contributed by atoms with Crippen molar-refractivity contribution in [1.29, 1.82) is 0 Å². The van der Waals surface area contributed by atoms with Gasteiger partial charge in [0.25, 0.3) is 5.89 Å². The van der Waals surface area contributed by atoms with Gasteiger partial charge in [0, 0.05) is 10.6 Å². The van der Waals surface area contributed by atoms with Crippen molar-refractivity contribution in [1.82, 2.24) is 25.1 Å². The second-order valence-corrected chi connectivity index (χ2v) is 6.41. The minimum absolute atomic E-state index is 0.187. The van der Waals surface area contributed by atoms with Crippen molar-refractivity contribution in [3.8, 4) is 34.4 Å². The highest BCUT2D eigenvalue weighted by atomic mass is 35.5. The third-order valence-electron chi connectivity index (χ3n) is 4.22. The normalized spacial score (nSPS) is 11.0. The molecule has 2 N–H and O–H groups in total. The van der Waals surface area contributed by atoms with Gasteiger partial charge in [-0.15, -0.1) is 5.10 Å². The molecule has 28 heavy (non-hydrogen) atoms. The molecular formula is C19H17ClN6O2. The maximum Gasteiger partial charge on any atom is 0.282 e. The predicted molar refractivity (Wildman–Crippen MR) is 105 cm³/mol. The fourth-order valence-electron chi connectivity index (χ4n) is 2.75. The largest absolute Gasteiger partial charge is 0.494 e. The Bertz CT molecular complexity index is 1120. The zero-order valence-corrected chi connectivity index (χ0v) is 16.0. The fourth-order valence-corrected chi connectivity index (χ4v) is 2.92. The molecule has 4 aromatic rings. The molecule has 9 heteroatoms. The Balaban J connectivity index is 1.66. The van der Waals surface area contributed by atoms with Crippen molar-refractivity contribution in [3.63, 3.8) is 0 Å². The first-order chi connectivity index (χ1) is 13.6. The van der Waals surface area contributed by atoms with Gasteiger partial charge in [0.2, 0.25) is 5.82 Å². The molecule has 0 saturated heterocycles. The van der Waals surface area contributed by atoms with Crippen molar-refractivity contribution >= 4 is 17.4 Å². The van der Waals surface area contributed by atoms with Gasteiger partial charge in [0.05, 0.1) is 12.3 Å². The van der Waals surface area contributed by atoms with Crippen molar-refractivity contribution in [2.24, 2.45) is 0 Å². The zero-order chi connectivity index (χ0) is 19.7. The average molecular weight is 397 g/mol. The molecule has 0 radical (unpaired) electrons. The van der Waals surface area contributed by atoms with E-state index < -0.39 is 0 Å². The lowest BCUT2D eigenvalue weighted by Gasteiger charge is -2.07. The average Bonchev–Trinajstić information content (AvgIpc) is 3.32. The first-order valence-corrected chi connectivity index (χ1v) is 9.00. The van der Waals surface area contributed by atoms with E-state index in [1.54, 1.807) is 6.07 Å². The number of halogens is 1. The van der Waals surface area contributed by atoms with E-state index in [1.165, 1.54) is 4.68 Å². The minimum atomic E-state index is 0.187. The number of rotatable bonds is 5. The molecule has 0 aliphatic heterocycles. The number of hydrogen-bond acceptors (Lipinski definition) is 7. The first kappa shape index (κ1) is 18.0. The van der Waals surface area contributed by atoms with Crippen LogP contribution in [0.25, 0.3) is 28.7 Å². The van der Waals surface area contributed by atoms with Crippen LogP contribution >= 0.6 is 11.6 Å². The summed E-state index contributed by atoms with van der Waals surface area (Å²) in [5, 5.41) is 12.9. The topological polar surface area (TPSA) is 105 Å². The Hall–Kier alpha value is -3.39. The van der Waals surface area contributed by atoms with E-state index in [0.29, 0.717) is 23.1 Å². The summed E-state index contributed by atoms with van der Waals surface area (Å²) in [6.45, 7) is 4.42. The molecule has 142 valence electrons. The molecule has 4 rings (SSSR count). The summed E-state index contributed by atoms with van der Waals surface area (Å²) in [5.41, 5.74) is 8.91. The fraction of sp³-hybridized carbons (Fsp3) is 0.158. The number of hydrogen-bond donors (Lipinski definition) is 1. The molecule has 0 unspecified atom stereocenters. The van der Waals surface area contributed by atoms with E-state index in [9.17, 15) is 0 Å². The summed E-state index contributed by atoms with van der Waals surface area (Å²) in [5.74, 6) is 1.67. The van der Waals surface area contributed by atoms with E-state index in [4.69, 9.17) is 26.6 Å². The van der Waals surface area contributed by atoms with E-state index in [2.05, 4.69) is 20.5 Å². The van der Waals surface area contributed by atoms with Gasteiger partial charge in [-0.3, -0.25) is 0 Å². The molecule has 0 fully saturated rings. The monoisotopic (exact) mass is 396 g/mol. The van der Waals surface area contributed by atoms with E-state index in [-0.39, 0.29) is 11.7 Å². The lowest BCUT2D eigenvalue weighted by molar-refractivity contribution is 0.340. The van der Waals surface area contributed by atoms with Crippen molar-refractivity contribution in [3.05, 3.63) is 53.1 Å². The van der Waals surface area contributed by atoms with Crippen LogP contribution < -0.4 is 10.5 Å². The number of aromatic nitrogens is 5. The number of nitrogens with two attached hydrogens (primary N) is 1. The Morgan fingerprint density at radius 1 is 1.18 bits per heavy atom. The third-order valence-corrected chi connectivity index (χ3v) is 4.63. The highest BCUT2D eigenvalue weighted by Gasteiger charge is 2.20. The lowest BCUT2D eigenvalue weighted by atomic mass is 10.2. The summed E-state index contributed by atoms with van der Waals surface area (Å²) >= 11 is 6.19. The van der Waals surface area contributed by atoms with Gasteiger partial charge in [-0.05, 0) is 55.8 Å². The lowest BCUT2D eigenvalue weighted by Crippen LogP contribution is -2.04. The highest BCUT2D eigenvalue weighted by Crippen LogP contribution is 2.29. The molecule has 0 aliphatic rings. The summed E-state index contributed by atoms with van der Waals surface area (Å²) in [4.78, 5) is 4.39. The smallest absolute Gasteiger partial charge is 0.282 e. The standard InChI is InChI=1S/C19H17ClN6O2/c1-3-27-13-9-7-12(8-10-13)18-22-19(28-24-18)16-17(21)26(25-23-16)15-6-4-5-14(20)11(15)2/h4-10H,3,21H2,1-2H3. The van der Waals surface area contributed by atoms with Crippen LogP contribution in [0.4, 0.5) is 5.82 Å². The van der Waals surface area contributed by atoms with Gasteiger partial charge in [0.15, 0.2) is 11.5 Å². The molecule has 0 aliphatic carbocycles. The van der Waals surface area contributed by atoms with Crippen LogP contribution in [-0.2, 0) is 0 Å². The van der Waals surface area contributed by atoms with Gasteiger partial charge in [-0.25, -0.2) is 0 Å². The van der Waals surface area contributed by atoms with E-state index in [1.807, 2.05) is 50.2 Å². The predicted octanol–water partition coefficient (Wildman–Crippen LogP) is 3.93. The van der Waals surface area contributed by atoms with Gasteiger partial charge >= 0.3 is 0 Å². The van der Waals surface area contributed by atoms with Gasteiger partial charge in [-0.2, -0.15) is 9.67 Å². The first-order valence-electron chi connectivity index (χ1n) is 8.62. The van der Waals surface area contributed by atoms with Crippen LogP contribution in [0.5, 0.6) is 5.75 Å². The Kier molecular flexibility index (Phi) is 4.70. The molecule has 8 nitrogen and oxygen atoms in total. The van der Waals surface area contributed by atoms with Gasteiger partial charge < -0.3 is 15.0 Å². The number of benzene rings is 2. The number of nitrogen functional groups attached to an aromatic ring is 1. The second-order valence-electron chi connectivity index (χ2n) is 6.00.